The van der Waals surface area contributed by atoms with Crippen LogP contribution in [0.3, 0.4) is 0 Å². The van der Waals surface area contributed by atoms with Crippen molar-refractivity contribution in [2.75, 3.05) is 27.4 Å². The van der Waals surface area contributed by atoms with E-state index in [9.17, 15) is 32.0 Å². The maximum absolute atomic E-state index is 15.1. The fourth-order valence-corrected chi connectivity index (χ4v) is 9.30. The molecule has 3 fully saturated rings. The topological polar surface area (TPSA) is 182 Å². The fraction of sp³-hybridized carbons (Fsp3) is 0.625. The molecule has 4 amide bonds. The van der Waals surface area contributed by atoms with Crippen LogP contribution in [-0.4, -0.2) is 97.8 Å². The first kappa shape index (κ1) is 42.1. The molecule has 2 aromatic rings. The first-order valence-electron chi connectivity index (χ1n) is 19.4. The highest BCUT2D eigenvalue weighted by molar-refractivity contribution is 7.91. The molecule has 2 aliphatic heterocycles. The highest BCUT2D eigenvalue weighted by atomic mass is 32.2. The second-order valence-electron chi connectivity index (χ2n) is 17.2. The molecule has 7 atom stereocenters. The second kappa shape index (κ2) is 15.7. The number of benzene rings is 1. The minimum atomic E-state index is -4.41. The molecule has 0 spiro atoms. The summed E-state index contributed by atoms with van der Waals surface area (Å²) in [5.41, 5.74) is -2.54. The Kier molecular flexibility index (Phi) is 11.6. The number of pyridine rings is 1. The number of carbonyl (C=O) groups is 4. The molecule has 17 heteroatoms. The van der Waals surface area contributed by atoms with Gasteiger partial charge < -0.3 is 29.7 Å². The molecule has 7 unspecified atom stereocenters. The van der Waals surface area contributed by atoms with Gasteiger partial charge in [0, 0.05) is 23.1 Å². The summed E-state index contributed by atoms with van der Waals surface area (Å²) in [5.74, 6) is -3.84. The van der Waals surface area contributed by atoms with Crippen molar-refractivity contribution in [1.29, 1.82) is 0 Å². The molecular weight excluding hydrogens is 765 g/mol. The Labute approximate surface area is 331 Å². The van der Waals surface area contributed by atoms with E-state index in [2.05, 4.69) is 20.3 Å². The lowest BCUT2D eigenvalue weighted by Gasteiger charge is -2.34. The van der Waals surface area contributed by atoms with Gasteiger partial charge in [-0.3, -0.25) is 23.9 Å². The van der Waals surface area contributed by atoms with E-state index in [0.29, 0.717) is 24.0 Å². The van der Waals surface area contributed by atoms with E-state index in [0.717, 1.165) is 6.42 Å². The standard InChI is InChI=1S/C40H53F2N5O9S/c1-22-10-8-9-11-24-18-40(24,37(51)46-57(52,53)39(21-41)12-13-39)45-33(48)29-15-25(20-47(29)35(49)32(23(2)14-22)44-36(50)38(3,4)5)56-34-27-16-28(42)30(54-6)17-26(27)31(55-7)19-43-34/h9,11,16-17,19,22-25,29,32H,8,10,12-15,18,20-21H2,1-7H3,(H,44,50)(H,45,48)(H,46,51). The van der Waals surface area contributed by atoms with Crippen molar-refractivity contribution in [3.63, 3.8) is 0 Å². The van der Waals surface area contributed by atoms with Crippen LogP contribution in [0.15, 0.2) is 30.5 Å². The quantitative estimate of drug-likeness (QED) is 0.312. The van der Waals surface area contributed by atoms with Crippen LogP contribution in [0, 0.1) is 29.0 Å². The Morgan fingerprint density at radius 3 is 2.40 bits per heavy atom. The van der Waals surface area contributed by atoms with E-state index in [1.54, 1.807) is 26.8 Å². The van der Waals surface area contributed by atoms with E-state index >= 15 is 4.39 Å². The number of nitrogens with zero attached hydrogens (tertiary/aromatic N) is 2. The molecule has 3 N–H and O–H groups in total. The van der Waals surface area contributed by atoms with E-state index in [1.807, 2.05) is 19.9 Å². The zero-order valence-corrected chi connectivity index (χ0v) is 34.3. The minimum Gasteiger partial charge on any atom is -0.494 e. The number of amides is 4. The van der Waals surface area contributed by atoms with Crippen molar-refractivity contribution >= 4 is 44.4 Å². The average Bonchev–Trinajstić information content (AvgIpc) is 4.06. The summed E-state index contributed by atoms with van der Waals surface area (Å²) in [6.45, 7) is 7.82. The van der Waals surface area contributed by atoms with Crippen LogP contribution in [0.5, 0.6) is 17.4 Å². The second-order valence-corrected chi connectivity index (χ2v) is 19.3. The summed E-state index contributed by atoms with van der Waals surface area (Å²) in [6.07, 6.45) is 6.21. The van der Waals surface area contributed by atoms with Gasteiger partial charge in [-0.15, -0.1) is 0 Å². The lowest BCUT2D eigenvalue weighted by Crippen LogP contribution is -2.60. The zero-order valence-electron chi connectivity index (χ0n) is 33.4. The van der Waals surface area contributed by atoms with Gasteiger partial charge in [-0.1, -0.05) is 46.8 Å². The maximum atomic E-state index is 15.1. The fourth-order valence-electron chi connectivity index (χ4n) is 7.87. The van der Waals surface area contributed by atoms with Gasteiger partial charge >= 0.3 is 0 Å². The number of aromatic nitrogens is 1. The maximum Gasteiger partial charge on any atom is 0.259 e. The SMILES string of the molecule is COc1cc2c(OC)cnc(OC3CC4C(=O)NC5(C(=O)NS(=O)(=O)C6(CF)CC6)CC5C=CCCC(C)CC(C)C(NC(=O)C(C)(C)C)C(=O)N4C3)c2cc1F. The third-order valence-electron chi connectivity index (χ3n) is 11.8. The molecule has 57 heavy (non-hydrogen) atoms. The van der Waals surface area contributed by atoms with Crippen molar-refractivity contribution in [1.82, 2.24) is 25.2 Å². The molecular formula is C40H53F2N5O9S. The van der Waals surface area contributed by atoms with E-state index < -0.39 is 80.0 Å². The molecule has 312 valence electrons. The number of methoxy groups -OCH3 is 2. The zero-order chi connectivity index (χ0) is 41.7. The molecule has 3 heterocycles. The Balaban J connectivity index is 1.38. The Morgan fingerprint density at radius 1 is 1.07 bits per heavy atom. The third kappa shape index (κ3) is 8.26. The van der Waals surface area contributed by atoms with Crippen molar-refractivity contribution < 1.29 is 50.6 Å². The van der Waals surface area contributed by atoms with Gasteiger partial charge in [0.2, 0.25) is 33.6 Å². The van der Waals surface area contributed by atoms with Gasteiger partial charge in [0.05, 0.1) is 32.3 Å². The first-order valence-corrected chi connectivity index (χ1v) is 20.9. The van der Waals surface area contributed by atoms with Crippen molar-refractivity contribution in [2.24, 2.45) is 23.2 Å². The number of hydrogen-bond donors (Lipinski definition) is 3. The normalized spacial score (nSPS) is 28.9. The number of sulfonamides is 1. The molecule has 2 saturated carbocycles. The summed E-state index contributed by atoms with van der Waals surface area (Å²) < 4.78 is 72.6. The van der Waals surface area contributed by atoms with Gasteiger partial charge in [0.1, 0.15) is 40.9 Å². The molecule has 0 bridgehead atoms. The number of hydrogen-bond acceptors (Lipinski definition) is 10. The van der Waals surface area contributed by atoms with E-state index in [4.69, 9.17) is 14.2 Å². The third-order valence-corrected chi connectivity index (χ3v) is 13.9. The smallest absolute Gasteiger partial charge is 0.259 e. The molecule has 1 aromatic carbocycles. The van der Waals surface area contributed by atoms with Gasteiger partial charge in [-0.05, 0) is 62.5 Å². The molecule has 6 rings (SSSR count). The molecule has 2 aliphatic carbocycles. The van der Waals surface area contributed by atoms with Crippen LogP contribution in [0.2, 0.25) is 0 Å². The summed E-state index contributed by atoms with van der Waals surface area (Å²) in [7, 11) is -1.65. The van der Waals surface area contributed by atoms with Crippen LogP contribution >= 0.6 is 0 Å². The predicted octanol–water partition coefficient (Wildman–Crippen LogP) is 4.11. The number of halogens is 2. The van der Waals surface area contributed by atoms with Gasteiger partial charge in [-0.2, -0.15) is 0 Å². The number of alkyl halides is 1. The van der Waals surface area contributed by atoms with Gasteiger partial charge in [-0.25, -0.2) is 22.2 Å². The molecule has 1 saturated heterocycles. The van der Waals surface area contributed by atoms with Crippen molar-refractivity contribution in [3.8, 4) is 17.4 Å². The molecule has 0 radical (unpaired) electrons. The molecule has 1 aromatic heterocycles. The van der Waals surface area contributed by atoms with Gasteiger partial charge in [0.15, 0.2) is 11.6 Å². The van der Waals surface area contributed by atoms with E-state index in [-0.39, 0.29) is 67.0 Å². The average molecular weight is 818 g/mol. The number of fused-ring (bicyclic) bond motifs is 3. The number of rotatable bonds is 9. The van der Waals surface area contributed by atoms with Crippen LogP contribution in [-0.2, 0) is 29.2 Å². The summed E-state index contributed by atoms with van der Waals surface area (Å²) in [5, 5.41) is 6.43. The summed E-state index contributed by atoms with van der Waals surface area (Å²) >= 11 is 0. The molecule has 14 nitrogen and oxygen atoms in total. The first-order chi connectivity index (χ1) is 26.8. The number of nitrogens with one attached hydrogen (secondary N) is 3. The largest absolute Gasteiger partial charge is 0.494 e. The minimum absolute atomic E-state index is 0.00282. The van der Waals surface area contributed by atoms with Crippen LogP contribution in [0.25, 0.3) is 10.8 Å². The Hall–Kier alpha value is -4.54. The van der Waals surface area contributed by atoms with Crippen molar-refractivity contribution in [3.05, 3.63) is 36.3 Å². The molecule has 4 aliphatic rings. The highest BCUT2D eigenvalue weighted by Gasteiger charge is 2.64. The monoisotopic (exact) mass is 817 g/mol. The van der Waals surface area contributed by atoms with E-state index in [1.165, 1.54) is 37.4 Å². The number of carbonyl (C=O) groups excluding carboxylic acids is 4. The van der Waals surface area contributed by atoms with Crippen molar-refractivity contribution in [2.45, 2.75) is 108 Å². The predicted molar refractivity (Wildman–Crippen MR) is 206 cm³/mol. The van der Waals surface area contributed by atoms with Crippen LogP contribution < -0.4 is 29.6 Å². The summed E-state index contributed by atoms with van der Waals surface area (Å²) in [6, 6.07) is 0.349. The van der Waals surface area contributed by atoms with Crippen LogP contribution in [0.4, 0.5) is 8.78 Å². The highest BCUT2D eigenvalue weighted by Crippen LogP contribution is 2.48. The Morgan fingerprint density at radius 2 is 1.77 bits per heavy atom. The number of ether oxygens (including phenoxy) is 3. The lowest BCUT2D eigenvalue weighted by atomic mass is 9.86. The summed E-state index contributed by atoms with van der Waals surface area (Å²) in [4.78, 5) is 62.4. The number of allylic oxidation sites excluding steroid dienone is 1. The lowest BCUT2D eigenvalue weighted by molar-refractivity contribution is -0.144. The van der Waals surface area contributed by atoms with Crippen LogP contribution in [0.1, 0.15) is 79.6 Å². The Bertz CT molecular complexity index is 2070. The van der Waals surface area contributed by atoms with Gasteiger partial charge in [0.25, 0.3) is 5.91 Å².